The molecule has 0 atom stereocenters. The first kappa shape index (κ1) is 17.1. The Morgan fingerprint density at radius 1 is 1.17 bits per heavy atom. The highest BCUT2D eigenvalue weighted by molar-refractivity contribution is 5.88. The summed E-state index contributed by atoms with van der Waals surface area (Å²) in [6.07, 6.45) is 4.60. The molecule has 124 valence electrons. The fraction of sp³-hybridized carbons (Fsp3) is 0.444. The van der Waals surface area contributed by atoms with Crippen LogP contribution in [0.3, 0.4) is 0 Å². The molecule has 0 aliphatic heterocycles. The molecule has 1 aromatic heterocycles. The van der Waals surface area contributed by atoms with Gasteiger partial charge in [-0.1, -0.05) is 43.5 Å². The summed E-state index contributed by atoms with van der Waals surface area (Å²) in [5, 5.41) is 3.77. The molecule has 1 aromatic carbocycles. The van der Waals surface area contributed by atoms with E-state index in [0.29, 0.717) is 19.0 Å². The number of hydrogen-bond donors (Lipinski definition) is 0. The van der Waals surface area contributed by atoms with Crippen molar-refractivity contribution in [2.24, 2.45) is 0 Å². The molecule has 0 saturated carbocycles. The summed E-state index contributed by atoms with van der Waals surface area (Å²) in [4.78, 5) is 11.7. The van der Waals surface area contributed by atoms with Crippen molar-refractivity contribution < 1.29 is 18.8 Å². The van der Waals surface area contributed by atoms with E-state index in [0.717, 1.165) is 24.2 Å². The molecule has 0 aliphatic rings. The number of rotatable bonds is 9. The molecule has 0 unspecified atom stereocenters. The van der Waals surface area contributed by atoms with Crippen molar-refractivity contribution in [3.05, 3.63) is 36.0 Å². The minimum atomic E-state index is -0.486. The van der Waals surface area contributed by atoms with Gasteiger partial charge in [-0.25, -0.2) is 4.79 Å². The normalized spacial score (nSPS) is 10.5. The Bertz CT molecular complexity index is 621. The lowest BCUT2D eigenvalue weighted by Crippen LogP contribution is -2.04. The van der Waals surface area contributed by atoms with Gasteiger partial charge in [-0.2, -0.15) is 0 Å². The van der Waals surface area contributed by atoms with E-state index >= 15 is 0 Å². The van der Waals surface area contributed by atoms with E-state index in [1.54, 1.807) is 13.0 Å². The maximum atomic E-state index is 11.7. The zero-order chi connectivity index (χ0) is 16.5. The van der Waals surface area contributed by atoms with Gasteiger partial charge >= 0.3 is 5.97 Å². The standard InChI is InChI=1S/C18H23NO4/c1-3-5-6-9-12-22-16-11-8-7-10-14(16)17-13-15(19-23-17)18(20)21-4-2/h7-8,10-11,13H,3-6,9,12H2,1-2H3. The predicted molar refractivity (Wildman–Crippen MR) is 87.5 cm³/mol. The summed E-state index contributed by atoms with van der Waals surface area (Å²) < 4.78 is 16.0. The molecule has 2 rings (SSSR count). The maximum Gasteiger partial charge on any atom is 0.360 e. The molecule has 23 heavy (non-hydrogen) atoms. The van der Waals surface area contributed by atoms with E-state index in [1.807, 2.05) is 24.3 Å². The van der Waals surface area contributed by atoms with Crippen LogP contribution in [0.5, 0.6) is 5.75 Å². The minimum absolute atomic E-state index is 0.166. The summed E-state index contributed by atoms with van der Waals surface area (Å²) >= 11 is 0. The third-order valence-electron chi connectivity index (χ3n) is 3.40. The van der Waals surface area contributed by atoms with E-state index < -0.39 is 5.97 Å². The van der Waals surface area contributed by atoms with Gasteiger partial charge in [-0.05, 0) is 25.5 Å². The van der Waals surface area contributed by atoms with Gasteiger partial charge in [0.15, 0.2) is 11.5 Å². The number of aromatic nitrogens is 1. The first-order chi connectivity index (χ1) is 11.3. The molecule has 5 heteroatoms. The number of unbranched alkanes of at least 4 members (excludes halogenated alkanes) is 3. The highest BCUT2D eigenvalue weighted by Crippen LogP contribution is 2.30. The van der Waals surface area contributed by atoms with Crippen molar-refractivity contribution in [1.29, 1.82) is 0 Å². The van der Waals surface area contributed by atoms with Crippen molar-refractivity contribution in [2.75, 3.05) is 13.2 Å². The largest absolute Gasteiger partial charge is 0.493 e. The Balaban J connectivity index is 2.06. The third kappa shape index (κ3) is 4.84. The average molecular weight is 317 g/mol. The molecular weight excluding hydrogens is 294 g/mol. The van der Waals surface area contributed by atoms with Crippen molar-refractivity contribution in [3.63, 3.8) is 0 Å². The van der Waals surface area contributed by atoms with Crippen LogP contribution < -0.4 is 4.74 Å². The maximum absolute atomic E-state index is 11.7. The quantitative estimate of drug-likeness (QED) is 0.504. The Kier molecular flexibility index (Phi) is 6.66. The number of nitrogens with zero attached hydrogens (tertiary/aromatic N) is 1. The lowest BCUT2D eigenvalue weighted by Gasteiger charge is -2.09. The number of hydrogen-bond acceptors (Lipinski definition) is 5. The van der Waals surface area contributed by atoms with Crippen LogP contribution in [0.1, 0.15) is 50.0 Å². The smallest absolute Gasteiger partial charge is 0.360 e. The third-order valence-corrected chi connectivity index (χ3v) is 3.40. The number of carbonyl (C=O) groups is 1. The molecule has 0 saturated heterocycles. The highest BCUT2D eigenvalue weighted by Gasteiger charge is 2.16. The van der Waals surface area contributed by atoms with Gasteiger partial charge in [0.2, 0.25) is 0 Å². The summed E-state index contributed by atoms with van der Waals surface area (Å²) in [6, 6.07) is 9.16. The van der Waals surface area contributed by atoms with Crippen molar-refractivity contribution in [1.82, 2.24) is 5.16 Å². The van der Waals surface area contributed by atoms with E-state index in [2.05, 4.69) is 12.1 Å². The summed E-state index contributed by atoms with van der Waals surface area (Å²) in [7, 11) is 0. The molecule has 0 bridgehead atoms. The molecule has 1 heterocycles. The van der Waals surface area contributed by atoms with Gasteiger partial charge in [0.1, 0.15) is 5.75 Å². The van der Waals surface area contributed by atoms with Gasteiger partial charge in [0.25, 0.3) is 0 Å². The highest BCUT2D eigenvalue weighted by atomic mass is 16.5. The monoisotopic (exact) mass is 317 g/mol. The number of esters is 1. The Morgan fingerprint density at radius 3 is 2.78 bits per heavy atom. The minimum Gasteiger partial charge on any atom is -0.493 e. The Morgan fingerprint density at radius 2 is 2.00 bits per heavy atom. The van der Waals surface area contributed by atoms with Gasteiger partial charge in [-0.3, -0.25) is 0 Å². The molecule has 0 radical (unpaired) electrons. The zero-order valence-corrected chi connectivity index (χ0v) is 13.7. The van der Waals surface area contributed by atoms with Crippen molar-refractivity contribution in [3.8, 4) is 17.1 Å². The molecule has 2 aromatic rings. The SMILES string of the molecule is CCCCCCOc1ccccc1-c1cc(C(=O)OCC)no1. The first-order valence-corrected chi connectivity index (χ1v) is 8.12. The number of ether oxygens (including phenoxy) is 2. The molecule has 0 spiro atoms. The van der Waals surface area contributed by atoms with Gasteiger partial charge < -0.3 is 14.0 Å². The van der Waals surface area contributed by atoms with E-state index in [-0.39, 0.29) is 5.69 Å². The fourth-order valence-corrected chi connectivity index (χ4v) is 2.21. The summed E-state index contributed by atoms with van der Waals surface area (Å²) in [5.74, 6) is 0.744. The van der Waals surface area contributed by atoms with Crippen LogP contribution in [-0.2, 0) is 4.74 Å². The van der Waals surface area contributed by atoms with Crippen LogP contribution in [-0.4, -0.2) is 24.3 Å². The molecule has 0 amide bonds. The summed E-state index contributed by atoms with van der Waals surface area (Å²) in [5.41, 5.74) is 0.950. The molecule has 5 nitrogen and oxygen atoms in total. The van der Waals surface area contributed by atoms with Crippen LogP contribution in [0, 0.1) is 0 Å². The van der Waals surface area contributed by atoms with Crippen molar-refractivity contribution >= 4 is 5.97 Å². The molecule has 0 fully saturated rings. The van der Waals surface area contributed by atoms with Gasteiger partial charge in [0.05, 0.1) is 18.8 Å². The topological polar surface area (TPSA) is 61.6 Å². The lowest BCUT2D eigenvalue weighted by atomic mass is 10.1. The number of benzene rings is 1. The van der Waals surface area contributed by atoms with Crippen LogP contribution in [0.25, 0.3) is 11.3 Å². The number of carbonyl (C=O) groups excluding carboxylic acids is 1. The summed E-state index contributed by atoms with van der Waals surface area (Å²) in [6.45, 7) is 4.90. The molecule has 0 N–H and O–H groups in total. The Hall–Kier alpha value is -2.30. The van der Waals surface area contributed by atoms with Gasteiger partial charge in [0, 0.05) is 6.07 Å². The zero-order valence-electron chi connectivity index (χ0n) is 13.7. The first-order valence-electron chi connectivity index (χ1n) is 8.12. The predicted octanol–water partition coefficient (Wildman–Crippen LogP) is 4.48. The van der Waals surface area contributed by atoms with Crippen LogP contribution >= 0.6 is 0 Å². The van der Waals surface area contributed by atoms with E-state index in [9.17, 15) is 4.79 Å². The van der Waals surface area contributed by atoms with Crippen LogP contribution in [0.2, 0.25) is 0 Å². The molecule has 0 aliphatic carbocycles. The van der Waals surface area contributed by atoms with Crippen LogP contribution in [0.15, 0.2) is 34.9 Å². The average Bonchev–Trinajstić information content (AvgIpc) is 3.05. The van der Waals surface area contributed by atoms with Crippen LogP contribution in [0.4, 0.5) is 0 Å². The van der Waals surface area contributed by atoms with E-state index in [1.165, 1.54) is 12.8 Å². The Labute approximate surface area is 136 Å². The number of para-hydroxylation sites is 1. The fourth-order valence-electron chi connectivity index (χ4n) is 2.21. The molecular formula is C18H23NO4. The second-order valence-corrected chi connectivity index (χ2v) is 5.20. The lowest BCUT2D eigenvalue weighted by molar-refractivity contribution is 0.0514. The second kappa shape index (κ2) is 8.98. The second-order valence-electron chi connectivity index (χ2n) is 5.20. The van der Waals surface area contributed by atoms with E-state index in [4.69, 9.17) is 14.0 Å². The van der Waals surface area contributed by atoms with Gasteiger partial charge in [-0.15, -0.1) is 0 Å². The van der Waals surface area contributed by atoms with Crippen molar-refractivity contribution in [2.45, 2.75) is 39.5 Å².